The summed E-state index contributed by atoms with van der Waals surface area (Å²) in [7, 11) is 1.99. The first-order chi connectivity index (χ1) is 18.6. The van der Waals surface area contributed by atoms with E-state index in [1.165, 1.54) is 5.56 Å². The van der Waals surface area contributed by atoms with Crippen LogP contribution in [0.15, 0.2) is 60.8 Å². The van der Waals surface area contributed by atoms with Gasteiger partial charge in [-0.1, -0.05) is 39.8 Å². The Morgan fingerprint density at radius 1 is 1.05 bits per heavy atom. The van der Waals surface area contributed by atoms with Gasteiger partial charge in [0.15, 0.2) is 0 Å². The molecule has 1 aliphatic heterocycles. The van der Waals surface area contributed by atoms with Crippen LogP contribution in [0.2, 0.25) is 0 Å². The first-order valence-electron chi connectivity index (χ1n) is 13.6. The molecule has 39 heavy (non-hydrogen) atoms. The Hall–Kier alpha value is -3.91. The molecule has 1 fully saturated rings. The van der Waals surface area contributed by atoms with Gasteiger partial charge in [0.2, 0.25) is 11.9 Å². The molecule has 2 aromatic heterocycles. The molecule has 0 radical (unpaired) electrons. The lowest BCUT2D eigenvalue weighted by Crippen LogP contribution is -2.38. The van der Waals surface area contributed by atoms with Gasteiger partial charge in [0.05, 0.1) is 17.6 Å². The van der Waals surface area contributed by atoms with Gasteiger partial charge < -0.3 is 19.9 Å². The van der Waals surface area contributed by atoms with Crippen LogP contribution >= 0.6 is 0 Å². The van der Waals surface area contributed by atoms with Gasteiger partial charge in [-0.3, -0.25) is 9.69 Å². The first-order valence-corrected chi connectivity index (χ1v) is 13.6. The Kier molecular flexibility index (Phi) is 7.57. The average molecular weight is 527 g/mol. The molecule has 0 bridgehead atoms. The normalized spacial score (nSPS) is 14.9. The molecule has 3 heterocycles. The number of anilines is 3. The number of amides is 1. The lowest BCUT2D eigenvalue weighted by Gasteiger charge is -2.29. The van der Waals surface area contributed by atoms with Crippen LogP contribution in [0.4, 0.5) is 17.5 Å². The summed E-state index contributed by atoms with van der Waals surface area (Å²) < 4.78 is 8.15. The predicted octanol–water partition coefficient (Wildman–Crippen LogP) is 6.47. The lowest BCUT2D eigenvalue weighted by atomic mass is 9.87. The second-order valence-electron chi connectivity index (χ2n) is 11.6. The third-order valence-corrected chi connectivity index (χ3v) is 7.32. The smallest absolute Gasteiger partial charge is 0.239 e. The molecule has 5 rings (SSSR count). The summed E-state index contributed by atoms with van der Waals surface area (Å²) in [5, 5.41) is 6.37. The van der Waals surface area contributed by atoms with Crippen molar-refractivity contribution in [3.05, 3.63) is 66.4 Å². The fraction of sp³-hybridized carbons (Fsp3) is 0.387. The zero-order valence-corrected chi connectivity index (χ0v) is 23.5. The number of fused-ring (bicyclic) bond motifs is 1. The van der Waals surface area contributed by atoms with Crippen LogP contribution in [0.1, 0.15) is 46.1 Å². The van der Waals surface area contributed by atoms with E-state index in [1.807, 2.05) is 29.8 Å². The van der Waals surface area contributed by atoms with E-state index in [0.717, 1.165) is 54.5 Å². The minimum absolute atomic E-state index is 0.0582. The number of nitrogens with zero attached hydrogens (tertiary/aromatic N) is 4. The number of likely N-dealkylation sites (tertiary alicyclic amines) is 1. The third kappa shape index (κ3) is 6.57. The molecular formula is C31H38N6O2. The van der Waals surface area contributed by atoms with Crippen molar-refractivity contribution in [1.82, 2.24) is 19.4 Å². The monoisotopic (exact) mass is 526 g/mol. The molecule has 2 N–H and O–H groups in total. The predicted molar refractivity (Wildman–Crippen MR) is 157 cm³/mol. The zero-order chi connectivity index (χ0) is 27.6. The van der Waals surface area contributed by atoms with Crippen molar-refractivity contribution in [1.29, 1.82) is 0 Å². The average Bonchev–Trinajstić information content (AvgIpc) is 3.19. The van der Waals surface area contributed by atoms with Gasteiger partial charge in [-0.25, -0.2) is 9.97 Å². The van der Waals surface area contributed by atoms with E-state index in [-0.39, 0.29) is 11.3 Å². The molecule has 1 aliphatic rings. The van der Waals surface area contributed by atoms with Crippen LogP contribution in [-0.2, 0) is 17.3 Å². The molecule has 1 saturated heterocycles. The van der Waals surface area contributed by atoms with Crippen LogP contribution in [0, 0.1) is 5.92 Å². The first kappa shape index (κ1) is 26.7. The number of piperidine rings is 1. The quantitative estimate of drug-likeness (QED) is 0.287. The Balaban J connectivity index is 1.26. The number of aryl methyl sites for hydroxylation is 1. The topological polar surface area (TPSA) is 84.3 Å². The van der Waals surface area contributed by atoms with Crippen LogP contribution in [0.3, 0.4) is 0 Å². The fourth-order valence-electron chi connectivity index (χ4n) is 4.83. The second kappa shape index (κ2) is 11.1. The van der Waals surface area contributed by atoms with Crippen molar-refractivity contribution in [2.75, 3.05) is 30.3 Å². The molecule has 0 unspecified atom stereocenters. The molecule has 0 spiro atoms. The highest BCUT2D eigenvalue weighted by molar-refractivity contribution is 5.91. The molecule has 8 heteroatoms. The summed E-state index contributed by atoms with van der Waals surface area (Å²) in [4.78, 5) is 23.9. The molecule has 8 nitrogen and oxygen atoms in total. The summed E-state index contributed by atoms with van der Waals surface area (Å²) in [6, 6.07) is 17.8. The number of pyridine rings is 1. The van der Waals surface area contributed by atoms with E-state index in [0.29, 0.717) is 23.9 Å². The molecule has 1 amide bonds. The maximum atomic E-state index is 12.6. The van der Waals surface area contributed by atoms with Crippen molar-refractivity contribution in [3.8, 4) is 11.5 Å². The van der Waals surface area contributed by atoms with Gasteiger partial charge in [0, 0.05) is 31.1 Å². The van der Waals surface area contributed by atoms with Crippen LogP contribution in [0.25, 0.3) is 11.0 Å². The SMILES string of the molecule is CC1CCN(CC(=O)Nc2cc(Oc3ccc4c(c3)nc(Nc3cccc(C(C)(C)C)c3)n4C)ccn2)CC1. The molecule has 4 aromatic rings. The number of benzene rings is 2. The van der Waals surface area contributed by atoms with Crippen LogP contribution in [0.5, 0.6) is 11.5 Å². The van der Waals surface area contributed by atoms with E-state index in [1.54, 1.807) is 18.3 Å². The standard InChI is InChI=1S/C31H38N6O2/c1-21-12-15-37(16-13-21)20-29(38)35-28-19-25(11-14-32-28)39-24-9-10-27-26(18-24)34-30(36(27)5)33-23-8-6-7-22(17-23)31(2,3)4/h6-11,14,17-19,21H,12-13,15-16,20H2,1-5H3,(H,33,34)(H,32,35,38). The Labute approximate surface area is 230 Å². The molecule has 0 aliphatic carbocycles. The summed E-state index contributed by atoms with van der Waals surface area (Å²) in [5.41, 5.74) is 4.14. The summed E-state index contributed by atoms with van der Waals surface area (Å²) in [6.07, 6.45) is 3.91. The van der Waals surface area contributed by atoms with Crippen molar-refractivity contribution < 1.29 is 9.53 Å². The highest BCUT2D eigenvalue weighted by Crippen LogP contribution is 2.30. The fourth-order valence-corrected chi connectivity index (χ4v) is 4.83. The summed E-state index contributed by atoms with van der Waals surface area (Å²) in [6.45, 7) is 11.2. The number of rotatable bonds is 7. The highest BCUT2D eigenvalue weighted by atomic mass is 16.5. The maximum absolute atomic E-state index is 12.6. The zero-order valence-electron chi connectivity index (χ0n) is 23.5. The summed E-state index contributed by atoms with van der Waals surface area (Å²) >= 11 is 0. The number of ether oxygens (including phenoxy) is 1. The van der Waals surface area contributed by atoms with Crippen LogP contribution < -0.4 is 15.4 Å². The van der Waals surface area contributed by atoms with E-state index >= 15 is 0 Å². The van der Waals surface area contributed by atoms with Crippen molar-refractivity contribution >= 4 is 34.4 Å². The minimum Gasteiger partial charge on any atom is -0.457 e. The number of aromatic nitrogens is 3. The van der Waals surface area contributed by atoms with E-state index in [2.05, 4.69) is 72.5 Å². The van der Waals surface area contributed by atoms with Gasteiger partial charge in [-0.2, -0.15) is 0 Å². The minimum atomic E-state index is -0.0582. The molecule has 204 valence electrons. The third-order valence-electron chi connectivity index (χ3n) is 7.32. The maximum Gasteiger partial charge on any atom is 0.239 e. The number of hydrogen-bond donors (Lipinski definition) is 2. The van der Waals surface area contributed by atoms with Crippen molar-refractivity contribution in [2.24, 2.45) is 13.0 Å². The van der Waals surface area contributed by atoms with E-state index in [9.17, 15) is 4.79 Å². The number of nitrogens with one attached hydrogen (secondary N) is 2. The highest BCUT2D eigenvalue weighted by Gasteiger charge is 2.18. The van der Waals surface area contributed by atoms with Gasteiger partial charge in [-0.15, -0.1) is 0 Å². The molecule has 0 saturated carbocycles. The molecule has 2 aromatic carbocycles. The van der Waals surface area contributed by atoms with Gasteiger partial charge in [0.25, 0.3) is 0 Å². The van der Waals surface area contributed by atoms with Crippen LogP contribution in [-0.4, -0.2) is 45.0 Å². The van der Waals surface area contributed by atoms with Gasteiger partial charge >= 0.3 is 0 Å². The van der Waals surface area contributed by atoms with Crippen molar-refractivity contribution in [2.45, 2.75) is 46.0 Å². The van der Waals surface area contributed by atoms with Gasteiger partial charge in [-0.05, 0) is 73.2 Å². The number of carbonyl (C=O) groups excluding carboxylic acids is 1. The largest absolute Gasteiger partial charge is 0.457 e. The number of hydrogen-bond acceptors (Lipinski definition) is 6. The Bertz CT molecular complexity index is 1460. The Morgan fingerprint density at radius 2 is 1.82 bits per heavy atom. The molecular weight excluding hydrogens is 488 g/mol. The lowest BCUT2D eigenvalue weighted by molar-refractivity contribution is -0.117. The van der Waals surface area contributed by atoms with Crippen molar-refractivity contribution in [3.63, 3.8) is 0 Å². The second-order valence-corrected chi connectivity index (χ2v) is 11.6. The Morgan fingerprint density at radius 3 is 2.59 bits per heavy atom. The van der Waals surface area contributed by atoms with Gasteiger partial charge in [0.1, 0.15) is 17.3 Å². The summed E-state index contributed by atoms with van der Waals surface area (Å²) in [5.74, 6) is 3.17. The molecule has 0 atom stereocenters. The van der Waals surface area contributed by atoms with E-state index in [4.69, 9.17) is 9.72 Å². The van der Waals surface area contributed by atoms with E-state index < -0.39 is 0 Å². The number of carbonyl (C=O) groups is 1. The number of imidazole rings is 1.